The molecule has 0 aromatic heterocycles. The molecule has 2 saturated heterocycles. The molecule has 1 aliphatic carbocycles. The average molecular weight is 581 g/mol. The molecule has 5 nitrogen and oxygen atoms in total. The third-order valence-corrected chi connectivity index (χ3v) is 8.94. The van der Waals surface area contributed by atoms with Crippen LogP contribution in [0.25, 0.3) is 5.57 Å². The molecule has 2 fully saturated rings. The van der Waals surface area contributed by atoms with Crippen LogP contribution in [-0.4, -0.2) is 53.8 Å². The number of piperidine rings is 2. The maximum atomic E-state index is 13.3. The van der Waals surface area contributed by atoms with Gasteiger partial charge in [0.05, 0.1) is 6.07 Å². The summed E-state index contributed by atoms with van der Waals surface area (Å²) in [6.07, 6.45) is 20.0. The minimum absolute atomic E-state index is 0.150. The van der Waals surface area contributed by atoms with E-state index >= 15 is 0 Å². The number of hydrogen-bond acceptors (Lipinski definition) is 4. The second kappa shape index (κ2) is 16.9. The van der Waals surface area contributed by atoms with Crippen LogP contribution >= 0.6 is 0 Å². The van der Waals surface area contributed by atoms with Gasteiger partial charge in [0, 0.05) is 47.7 Å². The zero-order valence-electron chi connectivity index (χ0n) is 27.4. The quantitative estimate of drug-likeness (QED) is 0.350. The number of carbonyl (C=O) groups is 1. The molecule has 1 unspecified atom stereocenters. The van der Waals surface area contributed by atoms with E-state index in [9.17, 15) is 4.79 Å². The summed E-state index contributed by atoms with van der Waals surface area (Å²) in [5.41, 5.74) is 5.68. The first-order chi connectivity index (χ1) is 21.0. The fraction of sp³-hybridized carbons (Fsp3) is 0.474. The first-order valence-electron chi connectivity index (χ1n) is 16.4. The van der Waals surface area contributed by atoms with Crippen LogP contribution in [0.15, 0.2) is 90.5 Å². The van der Waals surface area contributed by atoms with Gasteiger partial charge in [-0.15, -0.1) is 0 Å². The highest BCUT2D eigenvalue weighted by atomic mass is 16.2. The van der Waals surface area contributed by atoms with E-state index in [4.69, 9.17) is 5.26 Å². The Morgan fingerprint density at radius 2 is 1.53 bits per heavy atom. The summed E-state index contributed by atoms with van der Waals surface area (Å²) in [7, 11) is 2.22. The molecular weight excluding hydrogens is 528 g/mol. The smallest absolute Gasteiger partial charge is 0.253 e. The van der Waals surface area contributed by atoms with Gasteiger partial charge in [-0.25, -0.2) is 0 Å². The van der Waals surface area contributed by atoms with Crippen molar-refractivity contribution in [2.24, 2.45) is 17.8 Å². The Bertz CT molecular complexity index is 1270. The maximum Gasteiger partial charge on any atom is 0.253 e. The van der Waals surface area contributed by atoms with Gasteiger partial charge in [-0.2, -0.15) is 5.26 Å². The van der Waals surface area contributed by atoms with Crippen molar-refractivity contribution in [3.05, 3.63) is 102 Å². The van der Waals surface area contributed by atoms with Gasteiger partial charge in [-0.1, -0.05) is 70.7 Å². The minimum atomic E-state index is 0.150. The maximum absolute atomic E-state index is 13.3. The molecule has 5 heteroatoms. The lowest BCUT2D eigenvalue weighted by Gasteiger charge is -2.39. The number of amides is 1. The molecule has 43 heavy (non-hydrogen) atoms. The van der Waals surface area contributed by atoms with Crippen LogP contribution in [0.2, 0.25) is 0 Å². The first-order valence-corrected chi connectivity index (χ1v) is 16.4. The number of rotatable bonds is 5. The van der Waals surface area contributed by atoms with Crippen molar-refractivity contribution in [2.75, 3.05) is 33.2 Å². The van der Waals surface area contributed by atoms with Crippen molar-refractivity contribution in [1.82, 2.24) is 14.7 Å². The number of likely N-dealkylation sites (tertiary alicyclic amines) is 2. The van der Waals surface area contributed by atoms with Gasteiger partial charge in [0.2, 0.25) is 0 Å². The second-order valence-corrected chi connectivity index (χ2v) is 11.3. The molecule has 0 saturated carbocycles. The highest BCUT2D eigenvalue weighted by molar-refractivity contribution is 5.94. The molecule has 1 atom stereocenters. The average Bonchev–Trinajstić information content (AvgIpc) is 3.08. The standard InChI is InChI=1S/C34H40N4O.2C2H6/c1-4-33(30-9-6-26(23-35)7-10-30)38-24-32(8-5-25(38)2)27-11-13-31(14-12-27)34(39)37-21-17-29(18-22-37)28-15-19-36(3)20-16-28;2*1-2/h4-9,11-14,24,28-30H,2,10,15-22H2,1,3H3;2*1-2H3/b33-4-;;. The van der Waals surface area contributed by atoms with E-state index in [0.717, 1.165) is 72.3 Å². The molecule has 3 heterocycles. The van der Waals surface area contributed by atoms with E-state index in [1.807, 2.05) is 69.9 Å². The number of allylic oxidation sites excluding steroid dienone is 8. The van der Waals surface area contributed by atoms with Gasteiger partial charge in [-0.3, -0.25) is 4.79 Å². The molecule has 0 spiro atoms. The van der Waals surface area contributed by atoms with E-state index in [-0.39, 0.29) is 11.8 Å². The predicted molar refractivity (Wildman–Crippen MR) is 181 cm³/mol. The largest absolute Gasteiger partial charge is 0.339 e. The van der Waals surface area contributed by atoms with Crippen molar-refractivity contribution in [1.29, 1.82) is 5.26 Å². The number of nitrogens with zero attached hydrogens (tertiary/aromatic N) is 4. The molecule has 1 aromatic rings. The molecule has 0 radical (unpaired) electrons. The lowest BCUT2D eigenvalue weighted by Crippen LogP contribution is -2.42. The van der Waals surface area contributed by atoms with Gasteiger partial charge < -0.3 is 14.7 Å². The van der Waals surface area contributed by atoms with Gasteiger partial charge in [-0.05, 0) is 106 Å². The Kier molecular flexibility index (Phi) is 13.3. The Morgan fingerprint density at radius 1 is 0.930 bits per heavy atom. The van der Waals surface area contributed by atoms with Gasteiger partial charge >= 0.3 is 0 Å². The topological polar surface area (TPSA) is 50.6 Å². The summed E-state index contributed by atoms with van der Waals surface area (Å²) in [5, 5.41) is 9.17. The summed E-state index contributed by atoms with van der Waals surface area (Å²) in [5.74, 6) is 1.94. The van der Waals surface area contributed by atoms with Crippen molar-refractivity contribution >= 4 is 11.5 Å². The summed E-state index contributed by atoms with van der Waals surface area (Å²) in [6.45, 7) is 18.5. The molecule has 230 valence electrons. The number of carbonyl (C=O) groups excluding carboxylic acids is 1. The van der Waals surface area contributed by atoms with Crippen LogP contribution in [0.4, 0.5) is 0 Å². The summed E-state index contributed by atoms with van der Waals surface area (Å²) in [4.78, 5) is 19.9. The number of nitriles is 1. The SMILES string of the molecule is C=C1C=CC(c2ccc(C(=O)N3CCC(C4CCN(C)CC4)CC3)cc2)=CN1/C(=C\C)C1C=CC(C#N)=CC1.CC.CC. The molecular formula is C38H52N4O. The Hall–Kier alpha value is -3.62. The van der Waals surface area contributed by atoms with Crippen LogP contribution in [0.5, 0.6) is 0 Å². The van der Waals surface area contributed by atoms with E-state index in [2.05, 4.69) is 66.1 Å². The van der Waals surface area contributed by atoms with Crippen molar-refractivity contribution in [2.45, 2.75) is 66.7 Å². The minimum Gasteiger partial charge on any atom is -0.339 e. The van der Waals surface area contributed by atoms with Gasteiger partial charge in [0.15, 0.2) is 0 Å². The Balaban J connectivity index is 0.00000121. The van der Waals surface area contributed by atoms with Crippen molar-refractivity contribution in [3.8, 4) is 6.07 Å². The Labute approximate surface area is 261 Å². The van der Waals surface area contributed by atoms with Crippen molar-refractivity contribution < 1.29 is 4.79 Å². The highest BCUT2D eigenvalue weighted by Gasteiger charge is 2.30. The molecule has 1 amide bonds. The van der Waals surface area contributed by atoms with Crippen LogP contribution in [0.3, 0.4) is 0 Å². The number of benzene rings is 1. The lowest BCUT2D eigenvalue weighted by molar-refractivity contribution is 0.0615. The fourth-order valence-corrected chi connectivity index (χ4v) is 6.46. The lowest BCUT2D eigenvalue weighted by atomic mass is 9.79. The summed E-state index contributed by atoms with van der Waals surface area (Å²) < 4.78 is 0. The molecule has 0 bridgehead atoms. The van der Waals surface area contributed by atoms with Crippen LogP contribution in [0.1, 0.15) is 82.6 Å². The monoisotopic (exact) mass is 580 g/mol. The predicted octanol–water partition coefficient (Wildman–Crippen LogP) is 8.59. The third-order valence-electron chi connectivity index (χ3n) is 8.94. The second-order valence-electron chi connectivity index (χ2n) is 11.3. The van der Waals surface area contributed by atoms with Crippen LogP contribution < -0.4 is 0 Å². The fourth-order valence-electron chi connectivity index (χ4n) is 6.46. The Morgan fingerprint density at radius 3 is 2.07 bits per heavy atom. The van der Waals surface area contributed by atoms with Crippen molar-refractivity contribution in [3.63, 3.8) is 0 Å². The van der Waals surface area contributed by atoms with E-state index in [0.29, 0.717) is 5.57 Å². The molecule has 0 N–H and O–H groups in total. The normalized spacial score (nSPS) is 21.6. The van der Waals surface area contributed by atoms with Gasteiger partial charge in [0.1, 0.15) is 0 Å². The van der Waals surface area contributed by atoms with Gasteiger partial charge in [0.25, 0.3) is 5.91 Å². The molecule has 1 aromatic carbocycles. The zero-order chi connectivity index (χ0) is 31.4. The zero-order valence-corrected chi connectivity index (χ0v) is 27.4. The summed E-state index contributed by atoms with van der Waals surface area (Å²) >= 11 is 0. The van der Waals surface area contributed by atoms with Crippen LogP contribution in [0, 0.1) is 29.1 Å². The number of hydrogen-bond donors (Lipinski definition) is 0. The van der Waals surface area contributed by atoms with E-state index < -0.39 is 0 Å². The van der Waals surface area contributed by atoms with E-state index in [1.165, 1.54) is 25.9 Å². The first kappa shape index (κ1) is 33.9. The van der Waals surface area contributed by atoms with Crippen LogP contribution in [-0.2, 0) is 0 Å². The molecule has 3 aliphatic heterocycles. The molecule has 5 rings (SSSR count). The highest BCUT2D eigenvalue weighted by Crippen LogP contribution is 2.34. The third kappa shape index (κ3) is 8.48. The van der Waals surface area contributed by atoms with E-state index in [1.54, 1.807) is 0 Å². The molecule has 4 aliphatic rings. The summed E-state index contributed by atoms with van der Waals surface area (Å²) in [6, 6.07) is 10.3.